The molecule has 0 aliphatic heterocycles. The lowest BCUT2D eigenvalue weighted by atomic mass is 9.74. The number of halogens is 2. The van der Waals surface area contributed by atoms with Crippen molar-refractivity contribution in [1.29, 1.82) is 0 Å². The molecule has 1 aromatic heterocycles. The number of nitrogens with zero attached hydrogens (tertiary/aromatic N) is 4. The van der Waals surface area contributed by atoms with Gasteiger partial charge in [-0.05, 0) is 76.1 Å². The Kier molecular flexibility index (Phi) is 8.61. The zero-order valence-electron chi connectivity index (χ0n) is 24.0. The Hall–Kier alpha value is -3.49. The highest BCUT2D eigenvalue weighted by Gasteiger charge is 2.36. The van der Waals surface area contributed by atoms with Gasteiger partial charge in [0.05, 0.1) is 17.7 Å². The molecule has 5 rings (SSSR count). The van der Waals surface area contributed by atoms with Gasteiger partial charge in [0, 0.05) is 18.2 Å². The number of aromatic nitrogens is 4. The molecule has 4 aromatic rings. The standard InChI is InChI=1S/C33H39F2N5O/c1-32(2,3)24-11-10-12-25(20-24)33(15-8-5-9-16-33)36-22-30(41)29(19-23-17-26(34)21-27(35)18-23)31-37-38-39-40(31)28-13-6-4-7-14-28/h4,6-7,10-14,17-18,20-21,29-30,36,41H,5,8-9,15-16,19,22H2,1-3H3. The molecule has 0 radical (unpaired) electrons. The van der Waals surface area contributed by atoms with Crippen molar-refractivity contribution in [2.45, 2.75) is 82.3 Å². The van der Waals surface area contributed by atoms with E-state index in [4.69, 9.17) is 0 Å². The summed E-state index contributed by atoms with van der Waals surface area (Å²) in [4.78, 5) is 0. The van der Waals surface area contributed by atoms with Gasteiger partial charge in [0.15, 0.2) is 5.82 Å². The summed E-state index contributed by atoms with van der Waals surface area (Å²) >= 11 is 0. The minimum Gasteiger partial charge on any atom is -0.391 e. The molecule has 2 N–H and O–H groups in total. The molecule has 0 amide bonds. The molecule has 1 aliphatic carbocycles. The molecule has 41 heavy (non-hydrogen) atoms. The molecule has 0 spiro atoms. The van der Waals surface area contributed by atoms with Crippen LogP contribution in [0.3, 0.4) is 0 Å². The first-order valence-corrected chi connectivity index (χ1v) is 14.5. The van der Waals surface area contributed by atoms with Crippen molar-refractivity contribution in [1.82, 2.24) is 25.5 Å². The molecule has 216 valence electrons. The van der Waals surface area contributed by atoms with E-state index in [0.29, 0.717) is 11.4 Å². The Labute approximate surface area is 240 Å². The van der Waals surface area contributed by atoms with Crippen LogP contribution in [0.2, 0.25) is 0 Å². The zero-order valence-corrected chi connectivity index (χ0v) is 24.0. The Bertz CT molecular complexity index is 1420. The second-order valence-corrected chi connectivity index (χ2v) is 12.3. The molecule has 2 atom stereocenters. The Morgan fingerprint density at radius 1 is 0.927 bits per heavy atom. The largest absolute Gasteiger partial charge is 0.391 e. The molecular weight excluding hydrogens is 520 g/mol. The Balaban J connectivity index is 1.47. The summed E-state index contributed by atoms with van der Waals surface area (Å²) in [5.41, 5.74) is 3.42. The molecule has 6 nitrogen and oxygen atoms in total. The molecule has 3 aromatic carbocycles. The van der Waals surface area contributed by atoms with E-state index in [-0.39, 0.29) is 23.9 Å². The topological polar surface area (TPSA) is 75.9 Å². The van der Waals surface area contributed by atoms with Crippen molar-refractivity contribution in [3.63, 3.8) is 0 Å². The number of aliphatic hydroxyl groups excluding tert-OH is 1. The lowest BCUT2D eigenvalue weighted by Gasteiger charge is -2.41. The van der Waals surface area contributed by atoms with Gasteiger partial charge in [-0.25, -0.2) is 8.78 Å². The number of tetrazole rings is 1. The Morgan fingerprint density at radius 3 is 2.32 bits per heavy atom. The van der Waals surface area contributed by atoms with Gasteiger partial charge in [-0.3, -0.25) is 0 Å². The minimum absolute atomic E-state index is 0.0191. The van der Waals surface area contributed by atoms with Crippen LogP contribution in [-0.4, -0.2) is 38.0 Å². The summed E-state index contributed by atoms with van der Waals surface area (Å²) < 4.78 is 29.9. The second-order valence-electron chi connectivity index (χ2n) is 12.3. The van der Waals surface area contributed by atoms with Crippen molar-refractivity contribution in [3.8, 4) is 5.69 Å². The van der Waals surface area contributed by atoms with Gasteiger partial charge in [0.1, 0.15) is 11.6 Å². The monoisotopic (exact) mass is 559 g/mol. The van der Waals surface area contributed by atoms with Gasteiger partial charge in [0.2, 0.25) is 0 Å². The molecule has 1 heterocycles. The summed E-state index contributed by atoms with van der Waals surface area (Å²) in [6, 6.07) is 21.7. The lowest BCUT2D eigenvalue weighted by Crippen LogP contribution is -2.48. The maximum absolute atomic E-state index is 14.2. The second kappa shape index (κ2) is 12.2. The molecule has 1 fully saturated rings. The number of aliphatic hydroxyl groups is 1. The summed E-state index contributed by atoms with van der Waals surface area (Å²) in [7, 11) is 0. The van der Waals surface area contributed by atoms with E-state index in [2.05, 4.69) is 65.9 Å². The van der Waals surface area contributed by atoms with Crippen molar-refractivity contribution >= 4 is 0 Å². The highest BCUT2D eigenvalue weighted by atomic mass is 19.1. The smallest absolute Gasteiger partial charge is 0.162 e. The van der Waals surface area contributed by atoms with E-state index < -0.39 is 23.7 Å². The van der Waals surface area contributed by atoms with E-state index in [0.717, 1.165) is 37.4 Å². The van der Waals surface area contributed by atoms with Crippen LogP contribution >= 0.6 is 0 Å². The fourth-order valence-corrected chi connectivity index (χ4v) is 6.01. The maximum atomic E-state index is 14.2. The van der Waals surface area contributed by atoms with E-state index in [1.165, 1.54) is 29.7 Å². The first-order chi connectivity index (χ1) is 19.6. The average molecular weight is 560 g/mol. The summed E-state index contributed by atoms with van der Waals surface area (Å²) in [6.45, 7) is 6.92. The lowest BCUT2D eigenvalue weighted by molar-refractivity contribution is 0.111. The third kappa shape index (κ3) is 6.71. The quantitative estimate of drug-likeness (QED) is 0.249. The van der Waals surface area contributed by atoms with Crippen LogP contribution in [0.25, 0.3) is 5.69 Å². The number of hydrogen-bond donors (Lipinski definition) is 2. The SMILES string of the molecule is CC(C)(C)c1cccc(C2(NCC(O)C(Cc3cc(F)cc(F)c3)c3nnnn3-c3ccccc3)CCCCC2)c1. The highest BCUT2D eigenvalue weighted by molar-refractivity contribution is 5.34. The molecule has 0 bridgehead atoms. The molecule has 1 saturated carbocycles. The summed E-state index contributed by atoms with van der Waals surface area (Å²) in [6.07, 6.45) is 4.55. The molecule has 2 unspecified atom stereocenters. The van der Waals surface area contributed by atoms with Crippen molar-refractivity contribution < 1.29 is 13.9 Å². The van der Waals surface area contributed by atoms with Gasteiger partial charge < -0.3 is 10.4 Å². The van der Waals surface area contributed by atoms with Gasteiger partial charge in [-0.15, -0.1) is 5.10 Å². The first-order valence-electron chi connectivity index (χ1n) is 14.5. The fraction of sp³-hybridized carbons (Fsp3) is 0.424. The van der Waals surface area contributed by atoms with E-state index in [9.17, 15) is 13.9 Å². The van der Waals surface area contributed by atoms with Crippen molar-refractivity contribution in [2.24, 2.45) is 0 Å². The van der Waals surface area contributed by atoms with E-state index in [1.807, 2.05) is 30.3 Å². The van der Waals surface area contributed by atoms with Gasteiger partial charge in [-0.1, -0.05) is 82.5 Å². The fourth-order valence-electron chi connectivity index (χ4n) is 6.01. The third-order valence-electron chi connectivity index (χ3n) is 8.31. The number of rotatable bonds is 9. The maximum Gasteiger partial charge on any atom is 0.162 e. The molecular formula is C33H39F2N5O. The molecule has 8 heteroatoms. The van der Waals surface area contributed by atoms with E-state index in [1.54, 1.807) is 4.68 Å². The molecule has 1 aliphatic rings. The van der Waals surface area contributed by atoms with Crippen molar-refractivity contribution in [2.75, 3.05) is 6.54 Å². The summed E-state index contributed by atoms with van der Waals surface area (Å²) in [5.74, 6) is -1.51. The van der Waals surface area contributed by atoms with Crippen LogP contribution in [-0.2, 0) is 17.4 Å². The van der Waals surface area contributed by atoms with E-state index >= 15 is 0 Å². The van der Waals surface area contributed by atoms with Crippen molar-refractivity contribution in [3.05, 3.63) is 107 Å². The number of para-hydroxylation sites is 1. The van der Waals surface area contributed by atoms with Crippen LogP contribution in [0.1, 0.15) is 81.3 Å². The van der Waals surface area contributed by atoms with Crippen LogP contribution in [0, 0.1) is 11.6 Å². The Morgan fingerprint density at radius 2 is 1.63 bits per heavy atom. The van der Waals surface area contributed by atoms with Crippen LogP contribution in [0.15, 0.2) is 72.8 Å². The minimum atomic E-state index is -0.931. The normalized spacial score (nSPS) is 16.8. The highest BCUT2D eigenvalue weighted by Crippen LogP contribution is 2.39. The van der Waals surface area contributed by atoms with Crippen LogP contribution < -0.4 is 5.32 Å². The predicted octanol–water partition coefficient (Wildman–Crippen LogP) is 6.37. The third-order valence-corrected chi connectivity index (χ3v) is 8.31. The van der Waals surface area contributed by atoms with Crippen LogP contribution in [0.4, 0.5) is 8.78 Å². The number of hydrogen-bond acceptors (Lipinski definition) is 5. The van der Waals surface area contributed by atoms with Crippen LogP contribution in [0.5, 0.6) is 0 Å². The summed E-state index contributed by atoms with van der Waals surface area (Å²) in [5, 5.41) is 27.9. The van der Waals surface area contributed by atoms with Gasteiger partial charge in [-0.2, -0.15) is 4.68 Å². The van der Waals surface area contributed by atoms with Gasteiger partial charge in [0.25, 0.3) is 0 Å². The number of nitrogens with one attached hydrogen (secondary N) is 1. The predicted molar refractivity (Wildman–Crippen MR) is 156 cm³/mol. The van der Waals surface area contributed by atoms with Gasteiger partial charge >= 0.3 is 0 Å². The zero-order chi connectivity index (χ0) is 29.0. The number of benzene rings is 3. The first kappa shape index (κ1) is 29.0. The molecule has 0 saturated heterocycles. The average Bonchev–Trinajstić information content (AvgIpc) is 3.44.